The van der Waals surface area contributed by atoms with Gasteiger partial charge in [0.25, 0.3) is 0 Å². The Labute approximate surface area is 78.2 Å². The smallest absolute Gasteiger partial charge is 0.303 e. The van der Waals surface area contributed by atoms with Crippen LogP contribution in [0.2, 0.25) is 0 Å². The Bertz CT molecular complexity index is 260. The van der Waals surface area contributed by atoms with Gasteiger partial charge in [-0.3, -0.25) is 4.79 Å². The molecule has 6 heteroatoms. The number of carbonyl (C=O) groups is 1. The Morgan fingerprint density at radius 3 is 2.38 bits per heavy atom. The zero-order valence-corrected chi connectivity index (χ0v) is 8.60. The van der Waals surface area contributed by atoms with Crippen LogP contribution in [0.4, 0.5) is 0 Å². The summed E-state index contributed by atoms with van der Waals surface area (Å²) >= 11 is 0. The lowest BCUT2D eigenvalue weighted by molar-refractivity contribution is -0.138. The fraction of sp³-hybridized carbons (Fsp3) is 0.857. The van der Waals surface area contributed by atoms with Crippen molar-refractivity contribution in [1.82, 2.24) is 4.72 Å². The van der Waals surface area contributed by atoms with E-state index in [1.165, 1.54) is 0 Å². The standard InChI is InChI=1S/C7H15NO4S/c1-3-6(4-7(9)10)5-8-13(2,11)12/h6,8H,3-5H2,1-2H3,(H,9,10). The Kier molecular flexibility index (Phi) is 4.94. The Morgan fingerprint density at radius 2 is 2.08 bits per heavy atom. The molecular weight excluding hydrogens is 194 g/mol. The van der Waals surface area contributed by atoms with Crippen LogP contribution in [0.1, 0.15) is 19.8 Å². The molecule has 0 aromatic heterocycles. The van der Waals surface area contributed by atoms with Gasteiger partial charge in [0.1, 0.15) is 0 Å². The minimum absolute atomic E-state index is 0.000972. The molecule has 0 fully saturated rings. The van der Waals surface area contributed by atoms with Crippen molar-refractivity contribution < 1.29 is 18.3 Å². The molecule has 0 saturated carbocycles. The number of carboxylic acid groups (broad SMARTS) is 1. The van der Waals surface area contributed by atoms with Crippen molar-refractivity contribution in [2.24, 2.45) is 5.92 Å². The lowest BCUT2D eigenvalue weighted by atomic mass is 10.0. The average Bonchev–Trinajstić information content (AvgIpc) is 1.95. The van der Waals surface area contributed by atoms with Gasteiger partial charge in [0.15, 0.2) is 0 Å². The summed E-state index contributed by atoms with van der Waals surface area (Å²) in [5.74, 6) is -1.03. The predicted molar refractivity (Wildman–Crippen MR) is 48.9 cm³/mol. The van der Waals surface area contributed by atoms with Gasteiger partial charge < -0.3 is 5.11 Å². The summed E-state index contributed by atoms with van der Waals surface area (Å²) < 4.78 is 23.6. The van der Waals surface area contributed by atoms with Crippen molar-refractivity contribution in [1.29, 1.82) is 0 Å². The van der Waals surface area contributed by atoms with Crippen molar-refractivity contribution >= 4 is 16.0 Å². The molecule has 5 nitrogen and oxygen atoms in total. The van der Waals surface area contributed by atoms with Gasteiger partial charge in [-0.1, -0.05) is 13.3 Å². The number of nitrogens with one attached hydrogen (secondary N) is 1. The van der Waals surface area contributed by atoms with E-state index in [0.717, 1.165) is 6.26 Å². The Balaban J connectivity index is 3.93. The van der Waals surface area contributed by atoms with E-state index in [9.17, 15) is 13.2 Å². The van der Waals surface area contributed by atoms with Crippen LogP contribution in [0.3, 0.4) is 0 Å². The van der Waals surface area contributed by atoms with E-state index in [4.69, 9.17) is 5.11 Å². The van der Waals surface area contributed by atoms with E-state index < -0.39 is 16.0 Å². The van der Waals surface area contributed by atoms with Crippen molar-refractivity contribution in [3.8, 4) is 0 Å². The van der Waals surface area contributed by atoms with Crippen molar-refractivity contribution in [3.63, 3.8) is 0 Å². The molecule has 13 heavy (non-hydrogen) atoms. The van der Waals surface area contributed by atoms with Crippen LogP contribution in [0.15, 0.2) is 0 Å². The highest BCUT2D eigenvalue weighted by Crippen LogP contribution is 2.06. The van der Waals surface area contributed by atoms with Gasteiger partial charge in [-0.15, -0.1) is 0 Å². The maximum absolute atomic E-state index is 10.7. The normalized spacial score (nSPS) is 14.0. The van der Waals surface area contributed by atoms with E-state index in [1.54, 1.807) is 0 Å². The number of hydrogen-bond acceptors (Lipinski definition) is 3. The van der Waals surface area contributed by atoms with Gasteiger partial charge in [0.2, 0.25) is 10.0 Å². The minimum Gasteiger partial charge on any atom is -0.481 e. The molecule has 0 aromatic carbocycles. The molecule has 0 spiro atoms. The lowest BCUT2D eigenvalue weighted by Gasteiger charge is -2.11. The van der Waals surface area contributed by atoms with Gasteiger partial charge in [0, 0.05) is 13.0 Å². The Hall–Kier alpha value is -0.620. The third-order valence-corrected chi connectivity index (χ3v) is 2.37. The molecule has 0 saturated heterocycles. The van der Waals surface area contributed by atoms with Crippen LogP contribution in [0.5, 0.6) is 0 Å². The highest BCUT2D eigenvalue weighted by Gasteiger charge is 2.12. The Morgan fingerprint density at radius 1 is 1.54 bits per heavy atom. The molecule has 1 atom stereocenters. The highest BCUT2D eigenvalue weighted by molar-refractivity contribution is 7.88. The van der Waals surface area contributed by atoms with E-state index in [0.29, 0.717) is 6.42 Å². The molecule has 0 aromatic rings. The van der Waals surface area contributed by atoms with Crippen LogP contribution >= 0.6 is 0 Å². The molecule has 2 N–H and O–H groups in total. The fourth-order valence-corrected chi connectivity index (χ4v) is 1.42. The second kappa shape index (κ2) is 5.18. The van der Waals surface area contributed by atoms with Crippen LogP contribution in [-0.4, -0.2) is 32.3 Å². The van der Waals surface area contributed by atoms with Crippen LogP contribution in [0, 0.1) is 5.92 Å². The number of sulfonamides is 1. The lowest BCUT2D eigenvalue weighted by Crippen LogP contribution is -2.29. The SMILES string of the molecule is CCC(CNS(C)(=O)=O)CC(=O)O. The first kappa shape index (κ1) is 12.4. The molecule has 0 amide bonds. The molecule has 0 bridgehead atoms. The van der Waals surface area contributed by atoms with Gasteiger partial charge in [-0.05, 0) is 5.92 Å². The summed E-state index contributed by atoms with van der Waals surface area (Å²) in [6.07, 6.45) is 1.70. The zero-order chi connectivity index (χ0) is 10.5. The summed E-state index contributed by atoms with van der Waals surface area (Å²) in [6, 6.07) is 0. The zero-order valence-electron chi connectivity index (χ0n) is 7.78. The van der Waals surface area contributed by atoms with Gasteiger partial charge >= 0.3 is 5.97 Å². The number of hydrogen-bond donors (Lipinski definition) is 2. The largest absolute Gasteiger partial charge is 0.481 e. The second-order valence-corrected chi connectivity index (χ2v) is 4.83. The van der Waals surface area contributed by atoms with Crippen molar-refractivity contribution in [3.05, 3.63) is 0 Å². The molecule has 0 rings (SSSR count). The second-order valence-electron chi connectivity index (χ2n) is 2.99. The first-order valence-electron chi connectivity index (χ1n) is 4.01. The molecule has 0 aliphatic carbocycles. The van der Waals surface area contributed by atoms with Gasteiger partial charge in [-0.25, -0.2) is 13.1 Å². The number of rotatable bonds is 6. The van der Waals surface area contributed by atoms with E-state index >= 15 is 0 Å². The summed E-state index contributed by atoms with van der Waals surface area (Å²) in [5, 5.41) is 8.47. The molecule has 0 aliphatic heterocycles. The maximum Gasteiger partial charge on any atom is 0.303 e. The minimum atomic E-state index is -3.21. The summed E-state index contributed by atoms with van der Waals surface area (Å²) in [6.45, 7) is 2.03. The quantitative estimate of drug-likeness (QED) is 0.646. The van der Waals surface area contributed by atoms with Crippen LogP contribution in [-0.2, 0) is 14.8 Å². The third-order valence-electron chi connectivity index (χ3n) is 1.67. The predicted octanol–water partition coefficient (Wildman–Crippen LogP) is 0.0365. The van der Waals surface area contributed by atoms with E-state index in [-0.39, 0.29) is 18.9 Å². The van der Waals surface area contributed by atoms with Crippen molar-refractivity contribution in [2.75, 3.05) is 12.8 Å². The molecular formula is C7H15NO4S. The first-order chi connectivity index (χ1) is 5.85. The third kappa shape index (κ3) is 7.73. The molecule has 1 unspecified atom stereocenters. The van der Waals surface area contributed by atoms with Crippen LogP contribution in [0.25, 0.3) is 0 Å². The first-order valence-corrected chi connectivity index (χ1v) is 5.90. The van der Waals surface area contributed by atoms with Gasteiger partial charge in [-0.2, -0.15) is 0 Å². The molecule has 78 valence electrons. The van der Waals surface area contributed by atoms with Crippen LogP contribution < -0.4 is 4.72 Å². The molecule has 0 heterocycles. The highest BCUT2D eigenvalue weighted by atomic mass is 32.2. The fourth-order valence-electron chi connectivity index (χ4n) is 0.877. The average molecular weight is 209 g/mol. The summed E-state index contributed by atoms with van der Waals surface area (Å²) in [5.41, 5.74) is 0. The van der Waals surface area contributed by atoms with Gasteiger partial charge in [0.05, 0.1) is 6.26 Å². The van der Waals surface area contributed by atoms with Crippen molar-refractivity contribution in [2.45, 2.75) is 19.8 Å². The van der Waals surface area contributed by atoms with E-state index in [1.807, 2.05) is 6.92 Å². The van der Waals surface area contributed by atoms with E-state index in [2.05, 4.69) is 4.72 Å². The number of carboxylic acids is 1. The maximum atomic E-state index is 10.7. The topological polar surface area (TPSA) is 83.5 Å². The monoisotopic (exact) mass is 209 g/mol. The molecule has 0 radical (unpaired) electrons. The summed E-state index contributed by atoms with van der Waals surface area (Å²) in [7, 11) is -3.21. The summed E-state index contributed by atoms with van der Waals surface area (Å²) in [4.78, 5) is 10.3. The molecule has 0 aliphatic rings. The number of aliphatic carboxylic acids is 1.